The van der Waals surface area contributed by atoms with Gasteiger partial charge in [0.15, 0.2) is 0 Å². The number of carbonyl (C=O) groups excluding carboxylic acids is 1. The molecule has 1 fully saturated rings. The Labute approximate surface area is 162 Å². The summed E-state index contributed by atoms with van der Waals surface area (Å²) in [6, 6.07) is 17.9. The van der Waals surface area contributed by atoms with Gasteiger partial charge in [-0.2, -0.15) is 0 Å². The Kier molecular flexibility index (Phi) is 5.14. The summed E-state index contributed by atoms with van der Waals surface area (Å²) < 4.78 is 13.8. The zero-order valence-corrected chi connectivity index (χ0v) is 15.3. The third kappa shape index (κ3) is 3.93. The number of halogens is 1. The molecule has 0 saturated carbocycles. The first-order valence-corrected chi connectivity index (χ1v) is 9.13. The van der Waals surface area contributed by atoms with Crippen LogP contribution in [0.1, 0.15) is 10.4 Å². The third-order valence-electron chi connectivity index (χ3n) is 4.74. The van der Waals surface area contributed by atoms with Crippen LogP contribution in [0.15, 0.2) is 67.0 Å². The number of nitrogens with zero attached hydrogens (tertiary/aromatic N) is 4. The number of carbonyl (C=O) groups is 1. The van der Waals surface area contributed by atoms with E-state index in [1.807, 2.05) is 18.2 Å². The lowest BCUT2D eigenvalue weighted by atomic mass is 10.2. The minimum Gasteiger partial charge on any atom is -0.368 e. The highest BCUT2D eigenvalue weighted by molar-refractivity contribution is 6.04. The Balaban J connectivity index is 1.42. The van der Waals surface area contributed by atoms with Crippen LogP contribution in [0.2, 0.25) is 0 Å². The van der Waals surface area contributed by atoms with Gasteiger partial charge in [-0.15, -0.1) is 0 Å². The summed E-state index contributed by atoms with van der Waals surface area (Å²) >= 11 is 0. The lowest BCUT2D eigenvalue weighted by molar-refractivity contribution is 0.102. The average Bonchev–Trinajstić information content (AvgIpc) is 2.75. The van der Waals surface area contributed by atoms with Crippen molar-refractivity contribution in [3.8, 4) is 0 Å². The van der Waals surface area contributed by atoms with Crippen molar-refractivity contribution in [2.45, 2.75) is 0 Å². The maximum Gasteiger partial charge on any atom is 0.259 e. The maximum atomic E-state index is 13.8. The predicted octanol–water partition coefficient (Wildman–Crippen LogP) is 3.19. The number of amides is 1. The van der Waals surface area contributed by atoms with Gasteiger partial charge in [0.2, 0.25) is 0 Å². The molecule has 28 heavy (non-hydrogen) atoms. The summed E-state index contributed by atoms with van der Waals surface area (Å²) in [7, 11) is 0. The second-order valence-corrected chi connectivity index (χ2v) is 6.51. The molecule has 0 bridgehead atoms. The van der Waals surface area contributed by atoms with Gasteiger partial charge in [-0.1, -0.05) is 30.3 Å². The fourth-order valence-corrected chi connectivity index (χ4v) is 3.25. The van der Waals surface area contributed by atoms with Gasteiger partial charge >= 0.3 is 0 Å². The molecular weight excluding hydrogens is 357 g/mol. The van der Waals surface area contributed by atoms with Crippen molar-refractivity contribution in [1.29, 1.82) is 0 Å². The highest BCUT2D eigenvalue weighted by Crippen LogP contribution is 2.20. The average molecular weight is 377 g/mol. The molecule has 0 atom stereocenters. The van der Waals surface area contributed by atoms with E-state index in [2.05, 4.69) is 37.2 Å². The molecule has 0 spiro atoms. The van der Waals surface area contributed by atoms with Gasteiger partial charge in [0.25, 0.3) is 5.91 Å². The zero-order valence-electron chi connectivity index (χ0n) is 15.3. The number of para-hydroxylation sites is 1. The number of benzene rings is 2. The van der Waals surface area contributed by atoms with E-state index in [-0.39, 0.29) is 5.56 Å². The molecule has 1 aliphatic rings. The standard InChI is InChI=1S/C21H20FN5O/c22-18-9-5-4-8-17(18)21(28)25-19-14-20(24-15-23-19)27-12-10-26(11-13-27)16-6-2-1-3-7-16/h1-9,14-15H,10-13H2,(H,23,24,25,28). The van der Waals surface area contributed by atoms with E-state index in [0.717, 1.165) is 32.0 Å². The number of hydrogen-bond donors (Lipinski definition) is 1. The van der Waals surface area contributed by atoms with Gasteiger partial charge < -0.3 is 15.1 Å². The van der Waals surface area contributed by atoms with E-state index < -0.39 is 11.7 Å². The van der Waals surface area contributed by atoms with Crippen molar-refractivity contribution >= 4 is 23.2 Å². The normalized spacial score (nSPS) is 14.0. The maximum absolute atomic E-state index is 13.8. The molecule has 1 N–H and O–H groups in total. The second kappa shape index (κ2) is 8.04. The minimum atomic E-state index is -0.564. The summed E-state index contributed by atoms with van der Waals surface area (Å²) in [6.07, 6.45) is 1.41. The predicted molar refractivity (Wildman–Crippen MR) is 107 cm³/mol. The minimum absolute atomic E-state index is 0.0147. The smallest absolute Gasteiger partial charge is 0.259 e. The SMILES string of the molecule is O=C(Nc1cc(N2CCN(c3ccccc3)CC2)ncn1)c1ccccc1F. The van der Waals surface area contributed by atoms with Crippen molar-refractivity contribution in [3.05, 3.63) is 78.4 Å². The summed E-state index contributed by atoms with van der Waals surface area (Å²) in [5.74, 6) is -0.00162. The van der Waals surface area contributed by atoms with Crippen LogP contribution in [0.4, 0.5) is 21.7 Å². The molecule has 3 aromatic rings. The van der Waals surface area contributed by atoms with Crippen LogP contribution in [0.3, 0.4) is 0 Å². The van der Waals surface area contributed by atoms with Crippen LogP contribution < -0.4 is 15.1 Å². The largest absolute Gasteiger partial charge is 0.368 e. The molecule has 0 aliphatic carbocycles. The molecule has 6 nitrogen and oxygen atoms in total. The quantitative estimate of drug-likeness (QED) is 0.757. The number of nitrogens with one attached hydrogen (secondary N) is 1. The Bertz CT molecular complexity index is 958. The number of hydrogen-bond acceptors (Lipinski definition) is 5. The van der Waals surface area contributed by atoms with Crippen molar-refractivity contribution in [2.24, 2.45) is 0 Å². The number of piperazine rings is 1. The third-order valence-corrected chi connectivity index (χ3v) is 4.74. The van der Waals surface area contributed by atoms with Crippen molar-refractivity contribution < 1.29 is 9.18 Å². The van der Waals surface area contributed by atoms with Gasteiger partial charge in [-0.3, -0.25) is 4.79 Å². The Morgan fingerprint density at radius 3 is 2.32 bits per heavy atom. The molecule has 1 aliphatic heterocycles. The topological polar surface area (TPSA) is 61.4 Å². The Morgan fingerprint density at radius 1 is 0.893 bits per heavy atom. The summed E-state index contributed by atoms with van der Waals surface area (Å²) in [5.41, 5.74) is 1.20. The molecule has 4 rings (SSSR count). The fraction of sp³-hybridized carbons (Fsp3) is 0.190. The van der Waals surface area contributed by atoms with Gasteiger partial charge in [0.05, 0.1) is 5.56 Å². The second-order valence-electron chi connectivity index (χ2n) is 6.51. The van der Waals surface area contributed by atoms with Crippen LogP contribution in [0, 0.1) is 5.82 Å². The monoisotopic (exact) mass is 377 g/mol. The number of anilines is 3. The molecule has 1 amide bonds. The molecule has 0 unspecified atom stereocenters. The fourth-order valence-electron chi connectivity index (χ4n) is 3.25. The highest BCUT2D eigenvalue weighted by Gasteiger charge is 2.19. The number of rotatable bonds is 4. The molecule has 2 aromatic carbocycles. The lowest BCUT2D eigenvalue weighted by Gasteiger charge is -2.36. The lowest BCUT2D eigenvalue weighted by Crippen LogP contribution is -2.46. The molecule has 1 saturated heterocycles. The van der Waals surface area contributed by atoms with Crippen molar-refractivity contribution in [2.75, 3.05) is 41.3 Å². The number of aromatic nitrogens is 2. The van der Waals surface area contributed by atoms with E-state index in [9.17, 15) is 9.18 Å². The first kappa shape index (κ1) is 17.9. The van der Waals surface area contributed by atoms with E-state index in [1.54, 1.807) is 18.2 Å². The van der Waals surface area contributed by atoms with E-state index in [0.29, 0.717) is 5.82 Å². The van der Waals surface area contributed by atoms with Gasteiger partial charge in [0.1, 0.15) is 23.8 Å². The molecule has 7 heteroatoms. The Morgan fingerprint density at radius 2 is 1.57 bits per heavy atom. The Hall–Kier alpha value is -3.48. The summed E-state index contributed by atoms with van der Waals surface area (Å²) in [4.78, 5) is 25.2. The molecule has 142 valence electrons. The van der Waals surface area contributed by atoms with Crippen LogP contribution in [0.25, 0.3) is 0 Å². The first-order valence-electron chi connectivity index (χ1n) is 9.13. The van der Waals surface area contributed by atoms with Crippen LogP contribution >= 0.6 is 0 Å². The van der Waals surface area contributed by atoms with Gasteiger partial charge in [0, 0.05) is 37.9 Å². The van der Waals surface area contributed by atoms with Crippen molar-refractivity contribution in [1.82, 2.24) is 9.97 Å². The summed E-state index contributed by atoms with van der Waals surface area (Å²) in [6.45, 7) is 3.38. The molecule has 0 radical (unpaired) electrons. The van der Waals surface area contributed by atoms with Crippen LogP contribution in [-0.2, 0) is 0 Å². The van der Waals surface area contributed by atoms with E-state index in [4.69, 9.17) is 0 Å². The molecule has 1 aromatic heterocycles. The first-order chi connectivity index (χ1) is 13.7. The van der Waals surface area contributed by atoms with Crippen molar-refractivity contribution in [3.63, 3.8) is 0 Å². The zero-order chi connectivity index (χ0) is 19.3. The van der Waals surface area contributed by atoms with Crippen LogP contribution in [-0.4, -0.2) is 42.1 Å². The van der Waals surface area contributed by atoms with E-state index >= 15 is 0 Å². The van der Waals surface area contributed by atoms with Gasteiger partial charge in [-0.05, 0) is 24.3 Å². The van der Waals surface area contributed by atoms with Gasteiger partial charge in [-0.25, -0.2) is 14.4 Å². The highest BCUT2D eigenvalue weighted by atomic mass is 19.1. The van der Waals surface area contributed by atoms with Crippen LogP contribution in [0.5, 0.6) is 0 Å². The molecule has 2 heterocycles. The summed E-state index contributed by atoms with van der Waals surface area (Å²) in [5, 5.41) is 2.65. The molecular formula is C21H20FN5O. The van der Waals surface area contributed by atoms with E-state index in [1.165, 1.54) is 24.1 Å².